The van der Waals surface area contributed by atoms with Gasteiger partial charge in [-0.3, -0.25) is 0 Å². The monoisotopic (exact) mass is 807 g/mol. The Bertz CT molecular complexity index is 3240. The van der Waals surface area contributed by atoms with E-state index in [1.807, 2.05) is 6.07 Å². The molecule has 0 saturated carbocycles. The highest BCUT2D eigenvalue weighted by atomic mass is 16.6. The van der Waals surface area contributed by atoms with Gasteiger partial charge in [-0.1, -0.05) is 194 Å². The van der Waals surface area contributed by atoms with Crippen molar-refractivity contribution < 1.29 is 9.47 Å². The van der Waals surface area contributed by atoms with E-state index in [-0.39, 0.29) is 11.8 Å². The third kappa shape index (κ3) is 6.36. The maximum absolute atomic E-state index is 7.21. The second kappa shape index (κ2) is 15.4. The summed E-state index contributed by atoms with van der Waals surface area (Å²) in [6.07, 6.45) is 9.04. The van der Waals surface area contributed by atoms with Crippen LogP contribution >= 0.6 is 0 Å². The Hall–Kier alpha value is -8.14. The van der Waals surface area contributed by atoms with Crippen LogP contribution in [0.2, 0.25) is 0 Å². The van der Waals surface area contributed by atoms with Crippen LogP contribution in [-0.2, 0) is 0 Å². The fourth-order valence-electron chi connectivity index (χ4n) is 9.87. The molecule has 2 aliphatic carbocycles. The summed E-state index contributed by atoms with van der Waals surface area (Å²) in [4.78, 5) is 2.33. The van der Waals surface area contributed by atoms with E-state index >= 15 is 0 Å². The Balaban J connectivity index is 1.00. The molecule has 1 heterocycles. The molecule has 63 heavy (non-hydrogen) atoms. The molecule has 2 atom stereocenters. The van der Waals surface area contributed by atoms with Crippen LogP contribution in [0.5, 0.6) is 23.0 Å². The number of nitrogens with zero attached hydrogens (tertiary/aromatic N) is 1. The van der Waals surface area contributed by atoms with Gasteiger partial charge in [0.2, 0.25) is 0 Å². The molecule has 0 amide bonds. The number of anilines is 3. The van der Waals surface area contributed by atoms with E-state index in [1.165, 1.54) is 38.9 Å². The molecule has 0 fully saturated rings. The van der Waals surface area contributed by atoms with Crippen LogP contribution in [0, 0.1) is 0 Å². The molecule has 9 aromatic carbocycles. The van der Waals surface area contributed by atoms with Gasteiger partial charge < -0.3 is 14.4 Å². The molecule has 298 valence electrons. The van der Waals surface area contributed by atoms with Crippen molar-refractivity contribution in [1.82, 2.24) is 0 Å². The average Bonchev–Trinajstić information content (AvgIpc) is 3.36. The third-order valence-corrected chi connectivity index (χ3v) is 12.7. The summed E-state index contributed by atoms with van der Waals surface area (Å²) in [6, 6.07) is 75.6. The van der Waals surface area contributed by atoms with Gasteiger partial charge in [0, 0.05) is 34.7 Å². The number of benzene rings is 9. The fraction of sp³-hybridized carbons (Fsp3) is 0.0333. The van der Waals surface area contributed by atoms with E-state index in [1.54, 1.807) is 0 Å². The summed E-state index contributed by atoms with van der Waals surface area (Å²) in [5.41, 5.74) is 17.2. The fourth-order valence-corrected chi connectivity index (χ4v) is 9.87. The van der Waals surface area contributed by atoms with Crippen LogP contribution in [0.4, 0.5) is 17.1 Å². The van der Waals surface area contributed by atoms with Crippen molar-refractivity contribution in [2.75, 3.05) is 4.90 Å². The molecular formula is C60H41NO2. The van der Waals surface area contributed by atoms with Crippen LogP contribution in [0.3, 0.4) is 0 Å². The number of hydrogen-bond donors (Lipinski definition) is 0. The maximum atomic E-state index is 7.21. The predicted molar refractivity (Wildman–Crippen MR) is 259 cm³/mol. The average molecular weight is 808 g/mol. The molecule has 0 N–H and O–H groups in total. The van der Waals surface area contributed by atoms with Gasteiger partial charge in [0.1, 0.15) is 0 Å². The lowest BCUT2D eigenvalue weighted by molar-refractivity contribution is 0.360. The quantitative estimate of drug-likeness (QED) is 0.167. The Morgan fingerprint density at radius 3 is 1.57 bits per heavy atom. The van der Waals surface area contributed by atoms with Gasteiger partial charge in [-0.25, -0.2) is 0 Å². The first-order valence-corrected chi connectivity index (χ1v) is 21.7. The Labute approximate surface area is 368 Å². The molecule has 0 spiro atoms. The largest absolute Gasteiger partial charge is 0.449 e. The molecule has 1 aliphatic heterocycles. The highest BCUT2D eigenvalue weighted by Crippen LogP contribution is 2.58. The van der Waals surface area contributed by atoms with Gasteiger partial charge in [0.25, 0.3) is 0 Å². The van der Waals surface area contributed by atoms with Crippen LogP contribution in [0.25, 0.3) is 55.6 Å². The van der Waals surface area contributed by atoms with Crippen LogP contribution in [0.15, 0.2) is 237 Å². The van der Waals surface area contributed by atoms with E-state index in [0.29, 0.717) is 17.2 Å². The Morgan fingerprint density at radius 1 is 0.333 bits per heavy atom. The Kier molecular flexibility index (Phi) is 8.97. The normalized spacial score (nSPS) is 15.1. The van der Waals surface area contributed by atoms with Gasteiger partial charge >= 0.3 is 0 Å². The standard InChI is InChI=1S/C60H41NO2/c1-3-17-40(18-4-1)45-21-7-8-22-46(45)42-31-33-43(34-32-42)61(55-30-16-15-23-47(55)41-19-5-2-6-20-41)44-35-37-56-58(39-44)63-60-57(62-56)38-36-54-52-28-12-11-26-50(52)48-24-9-10-25-49(48)51-27-13-14-29-53(51)59(54)60/h1-39,50,52H. The molecule has 0 bridgehead atoms. The smallest absolute Gasteiger partial charge is 0.178 e. The molecule has 9 aromatic rings. The molecule has 0 radical (unpaired) electrons. The topological polar surface area (TPSA) is 21.7 Å². The first-order chi connectivity index (χ1) is 31.3. The molecule has 0 aromatic heterocycles. The minimum Gasteiger partial charge on any atom is -0.449 e. The lowest BCUT2D eigenvalue weighted by Crippen LogP contribution is -2.15. The van der Waals surface area contributed by atoms with Gasteiger partial charge in [-0.15, -0.1) is 0 Å². The summed E-state index contributed by atoms with van der Waals surface area (Å²) in [6.45, 7) is 0. The number of ether oxygens (including phenoxy) is 2. The first kappa shape index (κ1) is 36.7. The summed E-state index contributed by atoms with van der Waals surface area (Å²) in [5.74, 6) is 3.09. The van der Waals surface area contributed by atoms with Crippen LogP contribution in [0.1, 0.15) is 23.0 Å². The van der Waals surface area contributed by atoms with E-state index in [2.05, 4.69) is 235 Å². The second-order valence-corrected chi connectivity index (χ2v) is 16.3. The summed E-state index contributed by atoms with van der Waals surface area (Å²) < 4.78 is 14.0. The van der Waals surface area contributed by atoms with Gasteiger partial charge in [0.15, 0.2) is 23.0 Å². The second-order valence-electron chi connectivity index (χ2n) is 16.3. The molecule has 3 heteroatoms. The zero-order valence-electron chi connectivity index (χ0n) is 34.4. The molecule has 3 nitrogen and oxygen atoms in total. The number of rotatable bonds is 6. The lowest BCUT2D eigenvalue weighted by atomic mass is 9.71. The minimum absolute atomic E-state index is 0.119. The van der Waals surface area contributed by atoms with E-state index in [9.17, 15) is 0 Å². The summed E-state index contributed by atoms with van der Waals surface area (Å²) in [7, 11) is 0. The van der Waals surface area contributed by atoms with Crippen molar-refractivity contribution in [3.63, 3.8) is 0 Å². The molecule has 0 saturated heterocycles. The van der Waals surface area contributed by atoms with Crippen molar-refractivity contribution in [3.8, 4) is 78.6 Å². The van der Waals surface area contributed by atoms with Crippen LogP contribution < -0.4 is 14.4 Å². The molecule has 12 rings (SSSR count). The Morgan fingerprint density at radius 2 is 0.857 bits per heavy atom. The van der Waals surface area contributed by atoms with Crippen molar-refractivity contribution in [3.05, 3.63) is 248 Å². The third-order valence-electron chi connectivity index (χ3n) is 12.7. The summed E-state index contributed by atoms with van der Waals surface area (Å²) in [5, 5.41) is 0. The van der Waals surface area contributed by atoms with Crippen molar-refractivity contribution in [2.24, 2.45) is 0 Å². The SMILES string of the molecule is C1=CC2c3ccccc3-c3ccccc3-c3c(ccc4c3Oc3cc(N(c5ccc(-c6ccccc6-c6ccccc6)cc5)c5ccccc5-c5ccccc5)ccc3O4)C2C=C1. The van der Waals surface area contributed by atoms with Gasteiger partial charge in [0.05, 0.1) is 11.4 Å². The van der Waals surface area contributed by atoms with Crippen molar-refractivity contribution >= 4 is 17.1 Å². The van der Waals surface area contributed by atoms with Crippen molar-refractivity contribution in [1.29, 1.82) is 0 Å². The zero-order chi connectivity index (χ0) is 41.7. The lowest BCUT2D eigenvalue weighted by Gasteiger charge is -2.34. The first-order valence-electron chi connectivity index (χ1n) is 21.7. The highest BCUT2D eigenvalue weighted by molar-refractivity contribution is 5.94. The molecule has 2 unspecified atom stereocenters. The van der Waals surface area contributed by atoms with E-state index in [4.69, 9.17) is 9.47 Å². The van der Waals surface area contributed by atoms with E-state index < -0.39 is 0 Å². The number of fused-ring (bicyclic) bond motifs is 11. The number of allylic oxidation sites excluding steroid dienone is 4. The van der Waals surface area contributed by atoms with Crippen LogP contribution in [-0.4, -0.2) is 0 Å². The van der Waals surface area contributed by atoms with Crippen molar-refractivity contribution in [2.45, 2.75) is 11.8 Å². The predicted octanol–water partition coefficient (Wildman–Crippen LogP) is 16.7. The number of hydrogen-bond acceptors (Lipinski definition) is 3. The van der Waals surface area contributed by atoms with Gasteiger partial charge in [-0.2, -0.15) is 0 Å². The molecular weight excluding hydrogens is 767 g/mol. The highest BCUT2D eigenvalue weighted by Gasteiger charge is 2.35. The molecule has 3 aliphatic rings. The van der Waals surface area contributed by atoms with E-state index in [0.717, 1.165) is 50.6 Å². The summed E-state index contributed by atoms with van der Waals surface area (Å²) >= 11 is 0. The maximum Gasteiger partial charge on any atom is 0.178 e. The zero-order valence-corrected chi connectivity index (χ0v) is 34.4. The number of para-hydroxylation sites is 1. The minimum atomic E-state index is 0.119. The van der Waals surface area contributed by atoms with Gasteiger partial charge in [-0.05, 0) is 92.0 Å².